The van der Waals surface area contributed by atoms with Gasteiger partial charge in [-0.05, 0) is 48.2 Å². The number of aromatic amines is 1. The van der Waals surface area contributed by atoms with Crippen molar-refractivity contribution in [1.29, 1.82) is 0 Å². The van der Waals surface area contributed by atoms with Gasteiger partial charge in [0.05, 0.1) is 17.0 Å². The first kappa shape index (κ1) is 19.0. The lowest BCUT2D eigenvalue weighted by Gasteiger charge is -2.16. The molecular formula is C22H27N3O2. The molecule has 2 N–H and O–H groups in total. The fourth-order valence-corrected chi connectivity index (χ4v) is 3.55. The van der Waals surface area contributed by atoms with Crippen molar-refractivity contribution >= 4 is 5.97 Å². The molecule has 0 bridgehead atoms. The Morgan fingerprint density at radius 1 is 1.11 bits per heavy atom. The van der Waals surface area contributed by atoms with E-state index in [0.717, 1.165) is 22.8 Å². The molecular weight excluding hydrogens is 338 g/mol. The summed E-state index contributed by atoms with van der Waals surface area (Å²) in [5, 5.41) is 14.0. The smallest absolute Gasteiger partial charge is 0.335 e. The number of hydrogen-bond donors (Lipinski definition) is 2. The number of benzene rings is 1. The molecule has 0 fully saturated rings. The van der Waals surface area contributed by atoms with Crippen LogP contribution in [-0.2, 0) is 5.41 Å². The quantitative estimate of drug-likeness (QED) is 0.659. The maximum absolute atomic E-state index is 11.0. The number of aromatic nitrogens is 3. The molecule has 0 spiro atoms. The number of carboxylic acid groups (broad SMARTS) is 1. The van der Waals surface area contributed by atoms with Gasteiger partial charge >= 0.3 is 5.97 Å². The van der Waals surface area contributed by atoms with Crippen LogP contribution in [0.5, 0.6) is 0 Å². The van der Waals surface area contributed by atoms with Gasteiger partial charge in [-0.1, -0.05) is 46.8 Å². The van der Waals surface area contributed by atoms with Crippen molar-refractivity contribution in [3.05, 3.63) is 58.9 Å². The van der Waals surface area contributed by atoms with Crippen molar-refractivity contribution in [3.63, 3.8) is 0 Å². The molecule has 27 heavy (non-hydrogen) atoms. The van der Waals surface area contributed by atoms with Crippen LogP contribution in [0.25, 0.3) is 17.1 Å². The molecule has 1 aromatic carbocycles. The lowest BCUT2D eigenvalue weighted by molar-refractivity contribution is 0.0697. The van der Waals surface area contributed by atoms with E-state index in [2.05, 4.69) is 46.5 Å². The Morgan fingerprint density at radius 3 is 2.26 bits per heavy atom. The standard InChI is InChI=1S/C22H27N3O2/c1-13(2)19-14(3)20(22(4,5)6)24-25(19)18-12-11-17(23-18)15-7-9-16(10-8-15)21(26)27/h7-13,23H,1-6H3,(H,26,27). The van der Waals surface area contributed by atoms with Crippen LogP contribution in [-0.4, -0.2) is 25.8 Å². The van der Waals surface area contributed by atoms with E-state index in [-0.39, 0.29) is 11.0 Å². The summed E-state index contributed by atoms with van der Waals surface area (Å²) in [6, 6.07) is 10.9. The average Bonchev–Trinajstić information content (AvgIpc) is 3.18. The molecule has 2 heterocycles. The highest BCUT2D eigenvalue weighted by atomic mass is 16.4. The maximum atomic E-state index is 11.0. The molecule has 5 nitrogen and oxygen atoms in total. The minimum atomic E-state index is -0.919. The van der Waals surface area contributed by atoms with Crippen LogP contribution in [0.4, 0.5) is 0 Å². The fraction of sp³-hybridized carbons (Fsp3) is 0.364. The number of aromatic carboxylic acids is 1. The zero-order valence-electron chi connectivity index (χ0n) is 16.8. The molecule has 0 aliphatic carbocycles. The number of rotatable bonds is 4. The number of H-pyrrole nitrogens is 1. The molecule has 3 aromatic rings. The van der Waals surface area contributed by atoms with Gasteiger partial charge in [-0.3, -0.25) is 0 Å². The van der Waals surface area contributed by atoms with Gasteiger partial charge in [0.15, 0.2) is 0 Å². The highest BCUT2D eigenvalue weighted by molar-refractivity contribution is 5.88. The highest BCUT2D eigenvalue weighted by Crippen LogP contribution is 2.32. The molecule has 0 aliphatic heterocycles. The van der Waals surface area contributed by atoms with Crippen LogP contribution in [0.15, 0.2) is 36.4 Å². The number of hydrogen-bond acceptors (Lipinski definition) is 2. The summed E-state index contributed by atoms with van der Waals surface area (Å²) >= 11 is 0. The molecule has 0 unspecified atom stereocenters. The number of nitrogens with one attached hydrogen (secondary N) is 1. The van der Waals surface area contributed by atoms with Crippen LogP contribution in [0.3, 0.4) is 0 Å². The summed E-state index contributed by atoms with van der Waals surface area (Å²) in [6.07, 6.45) is 0. The molecule has 0 radical (unpaired) electrons. The molecule has 0 aliphatic rings. The lowest BCUT2D eigenvalue weighted by atomic mass is 9.88. The topological polar surface area (TPSA) is 70.9 Å². The van der Waals surface area contributed by atoms with Gasteiger partial charge in [-0.15, -0.1) is 0 Å². The molecule has 142 valence electrons. The Hall–Kier alpha value is -2.82. The minimum absolute atomic E-state index is 0.0267. The monoisotopic (exact) mass is 365 g/mol. The molecule has 0 atom stereocenters. The third-order valence-electron chi connectivity index (χ3n) is 4.77. The van der Waals surface area contributed by atoms with Gasteiger partial charge in [0.25, 0.3) is 0 Å². The Morgan fingerprint density at radius 2 is 1.74 bits per heavy atom. The predicted molar refractivity (Wildman–Crippen MR) is 108 cm³/mol. The highest BCUT2D eigenvalue weighted by Gasteiger charge is 2.26. The van der Waals surface area contributed by atoms with E-state index in [0.29, 0.717) is 5.92 Å². The van der Waals surface area contributed by atoms with Crippen LogP contribution in [0.1, 0.15) is 67.8 Å². The van der Waals surface area contributed by atoms with E-state index in [1.807, 2.05) is 28.9 Å². The Bertz CT molecular complexity index is 970. The molecule has 2 aromatic heterocycles. The van der Waals surface area contributed by atoms with E-state index in [1.54, 1.807) is 12.1 Å². The second-order valence-electron chi connectivity index (χ2n) is 8.32. The van der Waals surface area contributed by atoms with Crippen LogP contribution >= 0.6 is 0 Å². The molecule has 3 rings (SSSR count). The molecule has 0 saturated carbocycles. The summed E-state index contributed by atoms with van der Waals surface area (Å²) in [4.78, 5) is 14.5. The maximum Gasteiger partial charge on any atom is 0.335 e. The average molecular weight is 365 g/mol. The van der Waals surface area contributed by atoms with Crippen molar-refractivity contribution in [3.8, 4) is 17.1 Å². The van der Waals surface area contributed by atoms with E-state index in [4.69, 9.17) is 10.2 Å². The zero-order chi connectivity index (χ0) is 19.9. The van der Waals surface area contributed by atoms with Gasteiger partial charge in [-0.2, -0.15) is 5.10 Å². The summed E-state index contributed by atoms with van der Waals surface area (Å²) in [6.45, 7) is 13.1. The third-order valence-corrected chi connectivity index (χ3v) is 4.77. The van der Waals surface area contributed by atoms with Crippen LogP contribution in [0, 0.1) is 6.92 Å². The minimum Gasteiger partial charge on any atom is -0.478 e. The number of carboxylic acids is 1. The number of carbonyl (C=O) groups is 1. The van der Waals surface area contributed by atoms with Gasteiger partial charge in [-0.25, -0.2) is 9.48 Å². The molecule has 0 amide bonds. The Balaban J connectivity index is 2.05. The van der Waals surface area contributed by atoms with Crippen LogP contribution in [0.2, 0.25) is 0 Å². The second-order valence-corrected chi connectivity index (χ2v) is 8.32. The lowest BCUT2D eigenvalue weighted by Crippen LogP contribution is -2.14. The van der Waals surface area contributed by atoms with Crippen LogP contribution < -0.4 is 0 Å². The van der Waals surface area contributed by atoms with E-state index in [1.165, 1.54) is 11.3 Å². The molecule has 0 saturated heterocycles. The fourth-order valence-electron chi connectivity index (χ4n) is 3.55. The van der Waals surface area contributed by atoms with E-state index < -0.39 is 5.97 Å². The van der Waals surface area contributed by atoms with E-state index >= 15 is 0 Å². The third kappa shape index (κ3) is 3.54. The van der Waals surface area contributed by atoms with Crippen molar-refractivity contribution in [2.24, 2.45) is 0 Å². The number of nitrogens with zero attached hydrogens (tertiary/aromatic N) is 2. The van der Waals surface area contributed by atoms with Gasteiger partial charge in [0.1, 0.15) is 5.82 Å². The van der Waals surface area contributed by atoms with Crippen molar-refractivity contribution in [1.82, 2.24) is 14.8 Å². The Labute approximate surface area is 160 Å². The zero-order valence-corrected chi connectivity index (χ0v) is 16.8. The Kier molecular flexibility index (Phi) is 4.72. The normalized spacial score (nSPS) is 12.0. The first-order valence-corrected chi connectivity index (χ1v) is 9.22. The SMILES string of the molecule is Cc1c(C(C)(C)C)nn(-c2ccc(-c3ccc(C(=O)O)cc3)[nH]2)c1C(C)C. The first-order valence-electron chi connectivity index (χ1n) is 9.22. The summed E-state index contributed by atoms with van der Waals surface area (Å²) in [7, 11) is 0. The van der Waals surface area contributed by atoms with Gasteiger partial charge in [0, 0.05) is 11.1 Å². The first-order chi connectivity index (χ1) is 12.6. The van der Waals surface area contributed by atoms with Gasteiger partial charge in [0.2, 0.25) is 0 Å². The largest absolute Gasteiger partial charge is 0.478 e. The predicted octanol–water partition coefficient (Wildman–Crippen LogP) is 5.29. The van der Waals surface area contributed by atoms with E-state index in [9.17, 15) is 4.79 Å². The summed E-state index contributed by atoms with van der Waals surface area (Å²) in [5.41, 5.74) is 5.67. The van der Waals surface area contributed by atoms with Crippen molar-refractivity contribution in [2.75, 3.05) is 0 Å². The second kappa shape index (κ2) is 6.72. The van der Waals surface area contributed by atoms with Crippen molar-refractivity contribution in [2.45, 2.75) is 52.9 Å². The summed E-state index contributed by atoms with van der Waals surface area (Å²) < 4.78 is 2.01. The molecule has 5 heteroatoms. The summed E-state index contributed by atoms with van der Waals surface area (Å²) in [5.74, 6) is 0.335. The van der Waals surface area contributed by atoms with Crippen molar-refractivity contribution < 1.29 is 9.90 Å². The van der Waals surface area contributed by atoms with Gasteiger partial charge < -0.3 is 10.1 Å².